The highest BCUT2D eigenvalue weighted by molar-refractivity contribution is 5.37. The van der Waals surface area contributed by atoms with E-state index in [-0.39, 0.29) is 0 Å². The summed E-state index contributed by atoms with van der Waals surface area (Å²) in [7, 11) is 1.77. The van der Waals surface area contributed by atoms with Crippen molar-refractivity contribution >= 4 is 0 Å². The van der Waals surface area contributed by atoms with Crippen molar-refractivity contribution in [1.82, 2.24) is 15.5 Å². The molecule has 1 aliphatic heterocycles. The second-order valence-electron chi connectivity index (χ2n) is 5.83. The molecule has 0 amide bonds. The highest BCUT2D eigenvalue weighted by Crippen LogP contribution is 2.24. The molecule has 0 unspecified atom stereocenters. The van der Waals surface area contributed by atoms with E-state index in [1.54, 1.807) is 7.11 Å². The minimum absolute atomic E-state index is 0.736. The molecule has 20 heavy (non-hydrogen) atoms. The summed E-state index contributed by atoms with van der Waals surface area (Å²) in [6.07, 6.45) is 2.65. The SMILES string of the molecule is COc1cc(CN2CCNCC2)ccc1CNC1CC1. The summed E-state index contributed by atoms with van der Waals surface area (Å²) in [5.74, 6) is 1.02. The van der Waals surface area contributed by atoms with Gasteiger partial charge in [-0.2, -0.15) is 0 Å². The van der Waals surface area contributed by atoms with Crippen molar-refractivity contribution in [2.45, 2.75) is 32.0 Å². The Hall–Kier alpha value is -1.10. The van der Waals surface area contributed by atoms with Crippen LogP contribution in [0.3, 0.4) is 0 Å². The van der Waals surface area contributed by atoms with Crippen molar-refractivity contribution in [1.29, 1.82) is 0 Å². The van der Waals surface area contributed by atoms with Gasteiger partial charge in [0.05, 0.1) is 7.11 Å². The highest BCUT2D eigenvalue weighted by Gasteiger charge is 2.20. The van der Waals surface area contributed by atoms with Crippen LogP contribution in [0, 0.1) is 0 Å². The molecule has 110 valence electrons. The predicted molar refractivity (Wildman–Crippen MR) is 81.0 cm³/mol. The fourth-order valence-electron chi connectivity index (χ4n) is 2.70. The Morgan fingerprint density at radius 2 is 2.10 bits per heavy atom. The van der Waals surface area contributed by atoms with Crippen molar-refractivity contribution in [2.75, 3.05) is 33.3 Å². The molecule has 2 N–H and O–H groups in total. The zero-order valence-electron chi connectivity index (χ0n) is 12.3. The van der Waals surface area contributed by atoms with Gasteiger partial charge in [0.1, 0.15) is 5.75 Å². The topological polar surface area (TPSA) is 36.5 Å². The van der Waals surface area contributed by atoms with Crippen molar-refractivity contribution in [3.63, 3.8) is 0 Å². The lowest BCUT2D eigenvalue weighted by Gasteiger charge is -2.27. The molecule has 1 aliphatic carbocycles. The van der Waals surface area contributed by atoms with Crippen LogP contribution in [0.5, 0.6) is 5.75 Å². The number of methoxy groups -OCH3 is 1. The number of nitrogens with zero attached hydrogens (tertiary/aromatic N) is 1. The molecule has 0 radical (unpaired) electrons. The Morgan fingerprint density at radius 1 is 1.30 bits per heavy atom. The molecular formula is C16H25N3O. The molecule has 2 fully saturated rings. The molecule has 3 rings (SSSR count). The standard InChI is InChI=1S/C16H25N3O/c1-20-16-10-13(12-19-8-6-17-7-9-19)2-3-14(16)11-18-15-4-5-15/h2-3,10,15,17-18H,4-9,11-12H2,1H3. The van der Waals surface area contributed by atoms with Crippen LogP contribution in [0.15, 0.2) is 18.2 Å². The normalized spacial score (nSPS) is 20.1. The third kappa shape index (κ3) is 3.72. The number of nitrogens with one attached hydrogen (secondary N) is 2. The zero-order chi connectivity index (χ0) is 13.8. The van der Waals surface area contributed by atoms with Crippen LogP contribution in [0.2, 0.25) is 0 Å². The molecule has 0 bridgehead atoms. The lowest BCUT2D eigenvalue weighted by molar-refractivity contribution is 0.233. The van der Waals surface area contributed by atoms with Gasteiger partial charge in [-0.1, -0.05) is 12.1 Å². The van der Waals surface area contributed by atoms with Gasteiger partial charge >= 0.3 is 0 Å². The highest BCUT2D eigenvalue weighted by atomic mass is 16.5. The minimum atomic E-state index is 0.736. The smallest absolute Gasteiger partial charge is 0.123 e. The Balaban J connectivity index is 1.62. The van der Waals surface area contributed by atoms with Crippen molar-refractivity contribution in [3.8, 4) is 5.75 Å². The van der Waals surface area contributed by atoms with Crippen molar-refractivity contribution in [3.05, 3.63) is 29.3 Å². The Bertz CT molecular complexity index is 439. The number of hydrogen-bond donors (Lipinski definition) is 2. The van der Waals surface area contributed by atoms with E-state index in [2.05, 4.69) is 33.7 Å². The molecule has 1 heterocycles. The van der Waals surface area contributed by atoms with E-state index in [0.29, 0.717) is 0 Å². The molecule has 0 spiro atoms. The van der Waals surface area contributed by atoms with Crippen LogP contribution in [0.25, 0.3) is 0 Å². The van der Waals surface area contributed by atoms with E-state index in [9.17, 15) is 0 Å². The number of rotatable bonds is 6. The van der Waals surface area contributed by atoms with Crippen LogP contribution in [0.4, 0.5) is 0 Å². The largest absolute Gasteiger partial charge is 0.496 e. The molecule has 1 saturated heterocycles. The third-order valence-corrected chi connectivity index (χ3v) is 4.13. The molecular weight excluding hydrogens is 250 g/mol. The maximum Gasteiger partial charge on any atom is 0.123 e. The first kappa shape index (κ1) is 13.9. The molecule has 4 heteroatoms. The van der Waals surface area contributed by atoms with E-state index in [1.807, 2.05) is 0 Å². The fraction of sp³-hybridized carbons (Fsp3) is 0.625. The molecule has 0 aromatic heterocycles. The van der Waals surface area contributed by atoms with E-state index >= 15 is 0 Å². The molecule has 1 saturated carbocycles. The van der Waals surface area contributed by atoms with E-state index in [1.165, 1.54) is 24.0 Å². The van der Waals surface area contributed by atoms with Crippen LogP contribution in [-0.4, -0.2) is 44.2 Å². The predicted octanol–water partition coefficient (Wildman–Crippen LogP) is 1.35. The maximum atomic E-state index is 5.56. The van der Waals surface area contributed by atoms with Gasteiger partial charge in [0.15, 0.2) is 0 Å². The van der Waals surface area contributed by atoms with Gasteiger partial charge in [0.25, 0.3) is 0 Å². The maximum absolute atomic E-state index is 5.56. The van der Waals surface area contributed by atoms with E-state index in [0.717, 1.165) is 51.1 Å². The molecule has 1 aromatic rings. The van der Waals surface area contributed by atoms with Crippen molar-refractivity contribution < 1.29 is 4.74 Å². The Kier molecular flexibility index (Phi) is 4.55. The Labute approximate surface area is 121 Å². The Morgan fingerprint density at radius 3 is 2.80 bits per heavy atom. The molecule has 4 nitrogen and oxygen atoms in total. The van der Waals surface area contributed by atoms with Gasteiger partial charge in [-0.25, -0.2) is 0 Å². The van der Waals surface area contributed by atoms with Gasteiger partial charge in [-0.3, -0.25) is 4.90 Å². The quantitative estimate of drug-likeness (QED) is 0.822. The lowest BCUT2D eigenvalue weighted by atomic mass is 10.1. The molecule has 0 atom stereocenters. The molecule has 1 aromatic carbocycles. The number of piperazine rings is 1. The zero-order valence-corrected chi connectivity index (χ0v) is 12.3. The number of ether oxygens (including phenoxy) is 1. The summed E-state index contributed by atoms with van der Waals surface area (Å²) in [5, 5.41) is 6.94. The molecule has 2 aliphatic rings. The van der Waals surface area contributed by atoms with Crippen LogP contribution in [0.1, 0.15) is 24.0 Å². The lowest BCUT2D eigenvalue weighted by Crippen LogP contribution is -2.42. The first-order valence-corrected chi connectivity index (χ1v) is 7.67. The number of benzene rings is 1. The number of hydrogen-bond acceptors (Lipinski definition) is 4. The minimum Gasteiger partial charge on any atom is -0.496 e. The van der Waals surface area contributed by atoms with Gasteiger partial charge in [-0.05, 0) is 24.5 Å². The second-order valence-corrected chi connectivity index (χ2v) is 5.83. The average molecular weight is 275 g/mol. The van der Waals surface area contributed by atoms with Crippen LogP contribution < -0.4 is 15.4 Å². The van der Waals surface area contributed by atoms with Crippen molar-refractivity contribution in [2.24, 2.45) is 0 Å². The van der Waals surface area contributed by atoms with Gasteiger partial charge in [-0.15, -0.1) is 0 Å². The third-order valence-electron chi connectivity index (χ3n) is 4.13. The van der Waals surface area contributed by atoms with E-state index in [4.69, 9.17) is 4.74 Å². The van der Waals surface area contributed by atoms with E-state index < -0.39 is 0 Å². The summed E-state index contributed by atoms with van der Waals surface area (Å²) < 4.78 is 5.56. The summed E-state index contributed by atoms with van der Waals surface area (Å²) in [6.45, 7) is 6.40. The van der Waals surface area contributed by atoms with Gasteiger partial charge in [0.2, 0.25) is 0 Å². The summed E-state index contributed by atoms with van der Waals surface area (Å²) >= 11 is 0. The van der Waals surface area contributed by atoms with Crippen LogP contribution in [-0.2, 0) is 13.1 Å². The fourth-order valence-corrected chi connectivity index (χ4v) is 2.70. The summed E-state index contributed by atoms with van der Waals surface area (Å²) in [4.78, 5) is 2.49. The first-order chi connectivity index (χ1) is 9.85. The monoisotopic (exact) mass is 275 g/mol. The average Bonchev–Trinajstić information content (AvgIpc) is 3.31. The van der Waals surface area contributed by atoms with Crippen LogP contribution >= 0.6 is 0 Å². The summed E-state index contributed by atoms with van der Waals surface area (Å²) in [5.41, 5.74) is 2.61. The summed E-state index contributed by atoms with van der Waals surface area (Å²) in [6, 6.07) is 7.40. The van der Waals surface area contributed by atoms with Gasteiger partial charge in [0, 0.05) is 50.9 Å². The second kappa shape index (κ2) is 6.57. The first-order valence-electron chi connectivity index (χ1n) is 7.67. The van der Waals surface area contributed by atoms with Gasteiger partial charge < -0.3 is 15.4 Å².